The second kappa shape index (κ2) is 10.3. The molecule has 1 saturated heterocycles. The molecule has 2 N–H and O–H groups in total. The van der Waals surface area contributed by atoms with Crippen molar-refractivity contribution < 1.29 is 24.2 Å². The van der Waals surface area contributed by atoms with Gasteiger partial charge in [0.2, 0.25) is 5.91 Å². The minimum absolute atomic E-state index is 0.0318. The summed E-state index contributed by atoms with van der Waals surface area (Å²) in [6.45, 7) is 5.96. The van der Waals surface area contributed by atoms with Crippen LogP contribution < -0.4 is 5.32 Å². The molecule has 0 bridgehead atoms. The Morgan fingerprint density at radius 1 is 1.25 bits per heavy atom. The molecule has 0 radical (unpaired) electrons. The third-order valence-corrected chi connectivity index (χ3v) is 4.35. The zero-order chi connectivity index (χ0) is 18.1. The summed E-state index contributed by atoms with van der Waals surface area (Å²) in [5, 5.41) is 12.5. The molecule has 0 aliphatic carbocycles. The second-order valence-electron chi connectivity index (χ2n) is 6.20. The van der Waals surface area contributed by atoms with E-state index in [9.17, 15) is 19.5 Å². The smallest absolute Gasteiger partial charge is 0.410 e. The highest BCUT2D eigenvalue weighted by atomic mass is 16.6. The van der Waals surface area contributed by atoms with Gasteiger partial charge in [-0.2, -0.15) is 0 Å². The average molecular weight is 342 g/mol. The molecule has 0 aromatic heterocycles. The number of likely N-dealkylation sites (tertiary alicyclic amines) is 1. The largest absolute Gasteiger partial charge is 0.444 e. The van der Waals surface area contributed by atoms with Crippen LogP contribution in [0.5, 0.6) is 0 Å². The molecule has 1 aliphatic heterocycles. The van der Waals surface area contributed by atoms with Crippen molar-refractivity contribution in [1.82, 2.24) is 10.2 Å². The van der Waals surface area contributed by atoms with Crippen molar-refractivity contribution in [1.29, 1.82) is 0 Å². The number of hydrogen-bond donors (Lipinski definition) is 2. The summed E-state index contributed by atoms with van der Waals surface area (Å²) in [7, 11) is 0. The van der Waals surface area contributed by atoms with E-state index in [-0.39, 0.29) is 30.8 Å². The number of aliphatic hydroxyl groups excluding tert-OH is 1. The highest BCUT2D eigenvalue weighted by Gasteiger charge is 2.35. The Balaban J connectivity index is 2.62. The molecule has 1 rings (SSSR count). The van der Waals surface area contributed by atoms with Gasteiger partial charge in [0.25, 0.3) is 0 Å². The Morgan fingerprint density at radius 2 is 1.96 bits per heavy atom. The number of carbonyl (C=O) groups excluding carboxylic acids is 3. The Labute approximate surface area is 143 Å². The number of hydrogen-bond acceptors (Lipinski definition) is 5. The number of ketones is 1. The molecule has 1 heterocycles. The van der Waals surface area contributed by atoms with Crippen LogP contribution in [0.4, 0.5) is 4.79 Å². The predicted molar refractivity (Wildman–Crippen MR) is 89.5 cm³/mol. The van der Waals surface area contributed by atoms with Gasteiger partial charge in [0.15, 0.2) is 0 Å². The molecule has 1 unspecified atom stereocenters. The fourth-order valence-corrected chi connectivity index (χ4v) is 2.77. The van der Waals surface area contributed by atoms with E-state index >= 15 is 0 Å². The maximum atomic E-state index is 12.4. The van der Waals surface area contributed by atoms with E-state index in [2.05, 4.69) is 5.32 Å². The van der Waals surface area contributed by atoms with E-state index in [1.807, 2.05) is 6.92 Å². The first-order chi connectivity index (χ1) is 11.4. The van der Waals surface area contributed by atoms with Crippen molar-refractivity contribution in [3.8, 4) is 0 Å². The van der Waals surface area contributed by atoms with E-state index < -0.39 is 18.3 Å². The van der Waals surface area contributed by atoms with Crippen molar-refractivity contribution in [2.24, 2.45) is 0 Å². The topological polar surface area (TPSA) is 95.9 Å². The van der Waals surface area contributed by atoms with Crippen molar-refractivity contribution in [3.05, 3.63) is 0 Å². The zero-order valence-corrected chi connectivity index (χ0v) is 14.9. The average Bonchev–Trinajstić information content (AvgIpc) is 2.97. The summed E-state index contributed by atoms with van der Waals surface area (Å²) in [6.07, 6.45) is 1.24. The Morgan fingerprint density at radius 3 is 2.54 bits per heavy atom. The normalized spacial score (nSPS) is 21.4. The standard InChI is InChI=1S/C17H30N2O5/c1-4-12-9-14(21)11-19(12)17(23)24-15(8-7-13(20)5-2)10-18-16(22)6-3/h12,14-15,21H,4-11H2,1-3H3,(H,18,22)/t12-,14-,15?/m1/s1. The quantitative estimate of drug-likeness (QED) is 0.664. The molecule has 1 aliphatic rings. The Hall–Kier alpha value is -1.63. The number of aliphatic hydroxyl groups is 1. The molecule has 0 aromatic carbocycles. The van der Waals surface area contributed by atoms with E-state index in [4.69, 9.17) is 4.74 Å². The molecule has 7 heteroatoms. The first kappa shape index (κ1) is 20.4. The lowest BCUT2D eigenvalue weighted by atomic mass is 10.1. The van der Waals surface area contributed by atoms with Gasteiger partial charge in [-0.05, 0) is 19.3 Å². The van der Waals surface area contributed by atoms with Crippen molar-refractivity contribution >= 4 is 17.8 Å². The maximum absolute atomic E-state index is 12.4. The van der Waals surface area contributed by atoms with E-state index in [0.29, 0.717) is 32.1 Å². The maximum Gasteiger partial charge on any atom is 0.410 e. The van der Waals surface area contributed by atoms with Gasteiger partial charge in [0, 0.05) is 25.3 Å². The number of Topliss-reactive ketones (excluding diaryl/α,β-unsaturated/α-hetero) is 1. The summed E-state index contributed by atoms with van der Waals surface area (Å²) in [5.41, 5.74) is 0. The molecular weight excluding hydrogens is 312 g/mol. The van der Waals surface area contributed by atoms with Crippen LogP contribution in [0.3, 0.4) is 0 Å². The van der Waals surface area contributed by atoms with Gasteiger partial charge in [-0.3, -0.25) is 9.59 Å². The summed E-state index contributed by atoms with van der Waals surface area (Å²) in [5.74, 6) is -0.0261. The van der Waals surface area contributed by atoms with Crippen LogP contribution in [0.2, 0.25) is 0 Å². The molecule has 2 amide bonds. The van der Waals surface area contributed by atoms with Crippen LogP contribution in [0.1, 0.15) is 59.3 Å². The van der Waals surface area contributed by atoms with Crippen LogP contribution in [0, 0.1) is 0 Å². The number of rotatable bonds is 9. The molecule has 138 valence electrons. The first-order valence-corrected chi connectivity index (χ1v) is 8.84. The van der Waals surface area contributed by atoms with E-state index in [1.165, 1.54) is 0 Å². The summed E-state index contributed by atoms with van der Waals surface area (Å²) >= 11 is 0. The predicted octanol–water partition coefficient (Wildman–Crippen LogP) is 1.62. The third kappa shape index (κ3) is 6.47. The second-order valence-corrected chi connectivity index (χ2v) is 6.20. The van der Waals surface area contributed by atoms with Crippen LogP contribution in [-0.2, 0) is 14.3 Å². The molecule has 1 fully saturated rings. The van der Waals surface area contributed by atoms with Crippen LogP contribution in [0.25, 0.3) is 0 Å². The lowest BCUT2D eigenvalue weighted by Gasteiger charge is -2.26. The van der Waals surface area contributed by atoms with Crippen LogP contribution >= 0.6 is 0 Å². The Bertz CT molecular complexity index is 421. The fraction of sp³-hybridized carbons (Fsp3) is 0.824. The first-order valence-electron chi connectivity index (χ1n) is 8.84. The molecule has 3 atom stereocenters. The number of carbonyl (C=O) groups is 3. The van der Waals surface area contributed by atoms with Crippen molar-refractivity contribution in [2.75, 3.05) is 13.1 Å². The van der Waals surface area contributed by atoms with Crippen molar-refractivity contribution in [2.45, 2.75) is 77.5 Å². The molecule has 0 aromatic rings. The van der Waals surface area contributed by atoms with Gasteiger partial charge in [-0.15, -0.1) is 0 Å². The van der Waals surface area contributed by atoms with E-state index in [0.717, 1.165) is 6.42 Å². The molecular formula is C17H30N2O5. The van der Waals surface area contributed by atoms with Gasteiger partial charge in [0.1, 0.15) is 11.9 Å². The lowest BCUT2D eigenvalue weighted by Crippen LogP contribution is -2.41. The number of ether oxygens (including phenoxy) is 1. The molecule has 0 spiro atoms. The SMILES string of the molecule is CCC(=O)CCC(CNC(=O)CC)OC(=O)N1C[C@H](O)C[C@H]1CC. The summed E-state index contributed by atoms with van der Waals surface area (Å²) < 4.78 is 5.51. The summed E-state index contributed by atoms with van der Waals surface area (Å²) in [4.78, 5) is 36.9. The molecule has 7 nitrogen and oxygen atoms in total. The van der Waals surface area contributed by atoms with Gasteiger partial charge in [0.05, 0.1) is 19.2 Å². The zero-order valence-electron chi connectivity index (χ0n) is 14.9. The van der Waals surface area contributed by atoms with Gasteiger partial charge >= 0.3 is 6.09 Å². The van der Waals surface area contributed by atoms with Gasteiger partial charge in [-0.25, -0.2) is 4.79 Å². The van der Waals surface area contributed by atoms with Crippen LogP contribution in [-0.4, -0.2) is 59.1 Å². The van der Waals surface area contributed by atoms with Gasteiger partial charge in [-0.1, -0.05) is 20.8 Å². The third-order valence-electron chi connectivity index (χ3n) is 4.35. The monoisotopic (exact) mass is 342 g/mol. The number of β-amino-alcohol motifs (C(OH)–C–C–N with tert-alkyl or cyclic N) is 1. The number of nitrogens with one attached hydrogen (secondary N) is 1. The number of nitrogens with zero attached hydrogens (tertiary/aromatic N) is 1. The van der Waals surface area contributed by atoms with Crippen LogP contribution in [0.15, 0.2) is 0 Å². The summed E-state index contributed by atoms with van der Waals surface area (Å²) in [6, 6.07) is -0.0318. The number of amides is 2. The minimum Gasteiger partial charge on any atom is -0.444 e. The Kier molecular flexibility index (Phi) is 8.74. The highest BCUT2D eigenvalue weighted by molar-refractivity contribution is 5.78. The fourth-order valence-electron chi connectivity index (χ4n) is 2.77. The lowest BCUT2D eigenvalue weighted by molar-refractivity contribution is -0.121. The molecule has 0 saturated carbocycles. The highest BCUT2D eigenvalue weighted by Crippen LogP contribution is 2.22. The van der Waals surface area contributed by atoms with Gasteiger partial charge < -0.3 is 20.1 Å². The van der Waals surface area contributed by atoms with Crippen molar-refractivity contribution in [3.63, 3.8) is 0 Å². The molecule has 24 heavy (non-hydrogen) atoms. The van der Waals surface area contributed by atoms with E-state index in [1.54, 1.807) is 18.7 Å². The minimum atomic E-state index is -0.543.